The summed E-state index contributed by atoms with van der Waals surface area (Å²) in [5.74, 6) is 0.387. The molecule has 2 aromatic rings. The Balaban J connectivity index is 2.21. The molecule has 0 fully saturated rings. The second-order valence-electron chi connectivity index (χ2n) is 5.35. The Morgan fingerprint density at radius 3 is 2.76 bits per heavy atom. The van der Waals surface area contributed by atoms with E-state index < -0.39 is 5.41 Å². The lowest BCUT2D eigenvalue weighted by molar-refractivity contribution is -0.124. The molecular weight excluding hydrogens is 268 g/mol. The van der Waals surface area contributed by atoms with Crippen LogP contribution in [-0.2, 0) is 4.79 Å². The number of hydrogen-bond acceptors (Lipinski definition) is 5. The fourth-order valence-electron chi connectivity index (χ4n) is 1.91. The smallest absolute Gasteiger partial charge is 0.247 e. The van der Waals surface area contributed by atoms with E-state index in [2.05, 4.69) is 15.5 Å². The molecule has 6 nitrogen and oxygen atoms in total. The van der Waals surface area contributed by atoms with Gasteiger partial charge in [-0.25, -0.2) is 0 Å². The van der Waals surface area contributed by atoms with E-state index in [1.165, 1.54) is 6.39 Å². The Bertz CT molecular complexity index is 619. The summed E-state index contributed by atoms with van der Waals surface area (Å²) in [5.41, 5.74) is 7.66. The fourth-order valence-corrected chi connectivity index (χ4v) is 1.91. The van der Waals surface area contributed by atoms with Crippen molar-refractivity contribution in [2.24, 2.45) is 11.1 Å². The second kappa shape index (κ2) is 6.05. The van der Waals surface area contributed by atoms with Gasteiger partial charge in [-0.15, -0.1) is 10.2 Å². The maximum atomic E-state index is 12.3. The van der Waals surface area contributed by atoms with Crippen LogP contribution in [0.3, 0.4) is 0 Å². The van der Waals surface area contributed by atoms with E-state index in [9.17, 15) is 4.79 Å². The number of nitrogens with zero attached hydrogens (tertiary/aromatic N) is 2. The molecule has 0 spiro atoms. The molecule has 1 unspecified atom stereocenters. The third kappa shape index (κ3) is 3.11. The largest absolute Gasteiger partial charge is 0.423 e. The molecule has 3 N–H and O–H groups in total. The zero-order valence-corrected chi connectivity index (χ0v) is 12.5. The molecule has 0 saturated heterocycles. The zero-order valence-electron chi connectivity index (χ0n) is 12.5. The van der Waals surface area contributed by atoms with Crippen LogP contribution in [0.25, 0.3) is 11.5 Å². The van der Waals surface area contributed by atoms with E-state index in [0.717, 1.165) is 16.8 Å². The first-order valence-electron chi connectivity index (χ1n) is 6.89. The standard InChI is InChI=1S/C15H20N4O2/c1-4-15(3,8-16)14(20)18-12-6-5-11(7-10(12)2)13-19-17-9-21-13/h5-7,9H,4,8,16H2,1-3H3,(H,18,20). The summed E-state index contributed by atoms with van der Waals surface area (Å²) >= 11 is 0. The van der Waals surface area contributed by atoms with Crippen molar-refractivity contribution in [2.45, 2.75) is 27.2 Å². The Morgan fingerprint density at radius 2 is 2.24 bits per heavy atom. The van der Waals surface area contributed by atoms with Crippen LogP contribution < -0.4 is 11.1 Å². The van der Waals surface area contributed by atoms with Crippen LogP contribution in [-0.4, -0.2) is 22.6 Å². The van der Waals surface area contributed by atoms with Gasteiger partial charge in [-0.1, -0.05) is 6.92 Å². The minimum Gasteiger partial charge on any atom is -0.423 e. The zero-order chi connectivity index (χ0) is 15.5. The van der Waals surface area contributed by atoms with Crippen LogP contribution in [0, 0.1) is 12.3 Å². The van der Waals surface area contributed by atoms with Gasteiger partial charge >= 0.3 is 0 Å². The maximum Gasteiger partial charge on any atom is 0.247 e. The van der Waals surface area contributed by atoms with Gasteiger partial charge in [-0.3, -0.25) is 4.79 Å². The molecule has 1 amide bonds. The Labute approximate surface area is 123 Å². The first-order chi connectivity index (χ1) is 10.00. The number of nitrogens with two attached hydrogens (primary N) is 1. The predicted octanol–water partition coefficient (Wildman–Crippen LogP) is 2.36. The normalized spacial score (nSPS) is 13.7. The summed E-state index contributed by atoms with van der Waals surface area (Å²) in [6.07, 6.45) is 1.97. The lowest BCUT2D eigenvalue weighted by atomic mass is 9.86. The van der Waals surface area contributed by atoms with Gasteiger partial charge in [-0.05, 0) is 44.0 Å². The van der Waals surface area contributed by atoms with Crippen molar-refractivity contribution >= 4 is 11.6 Å². The molecule has 0 aliphatic carbocycles. The Hall–Kier alpha value is -2.21. The number of hydrogen-bond donors (Lipinski definition) is 2. The van der Waals surface area contributed by atoms with Crippen molar-refractivity contribution in [2.75, 3.05) is 11.9 Å². The van der Waals surface area contributed by atoms with Gasteiger partial charge in [0.2, 0.25) is 18.2 Å². The van der Waals surface area contributed by atoms with Gasteiger partial charge < -0.3 is 15.5 Å². The maximum absolute atomic E-state index is 12.3. The van der Waals surface area contributed by atoms with Crippen molar-refractivity contribution in [3.8, 4) is 11.5 Å². The lowest BCUT2D eigenvalue weighted by Gasteiger charge is -2.25. The van der Waals surface area contributed by atoms with E-state index >= 15 is 0 Å². The molecule has 0 aliphatic heterocycles. The van der Waals surface area contributed by atoms with Crippen LogP contribution in [0.5, 0.6) is 0 Å². The molecule has 21 heavy (non-hydrogen) atoms. The third-order valence-electron chi connectivity index (χ3n) is 3.86. The monoisotopic (exact) mass is 288 g/mol. The number of aryl methyl sites for hydroxylation is 1. The van der Waals surface area contributed by atoms with Crippen molar-refractivity contribution in [1.29, 1.82) is 0 Å². The Kier molecular flexibility index (Phi) is 4.37. The molecule has 1 heterocycles. The molecule has 0 bridgehead atoms. The third-order valence-corrected chi connectivity index (χ3v) is 3.86. The number of aromatic nitrogens is 2. The van der Waals surface area contributed by atoms with E-state index in [1.54, 1.807) is 0 Å². The molecule has 1 atom stereocenters. The molecule has 0 aliphatic rings. The van der Waals surface area contributed by atoms with Crippen LogP contribution in [0.1, 0.15) is 25.8 Å². The first-order valence-corrected chi connectivity index (χ1v) is 6.89. The van der Waals surface area contributed by atoms with Gasteiger partial charge in [-0.2, -0.15) is 0 Å². The SMILES string of the molecule is CCC(C)(CN)C(=O)Nc1ccc(-c2nnco2)cc1C. The Morgan fingerprint density at radius 1 is 1.48 bits per heavy atom. The molecule has 6 heteroatoms. The summed E-state index contributed by atoms with van der Waals surface area (Å²) < 4.78 is 5.16. The molecule has 0 radical (unpaired) electrons. The number of carbonyl (C=O) groups is 1. The average Bonchev–Trinajstić information content (AvgIpc) is 3.02. The van der Waals surface area contributed by atoms with E-state index in [-0.39, 0.29) is 5.91 Å². The fraction of sp³-hybridized carbons (Fsp3) is 0.400. The molecule has 2 rings (SSSR count). The highest BCUT2D eigenvalue weighted by Gasteiger charge is 2.29. The summed E-state index contributed by atoms with van der Waals surface area (Å²) in [4.78, 5) is 12.3. The van der Waals surface area contributed by atoms with Crippen LogP contribution in [0.2, 0.25) is 0 Å². The molecule has 1 aromatic carbocycles. The van der Waals surface area contributed by atoms with E-state index in [1.807, 2.05) is 39.0 Å². The number of benzene rings is 1. The topological polar surface area (TPSA) is 94.0 Å². The predicted molar refractivity (Wildman–Crippen MR) is 80.6 cm³/mol. The number of anilines is 1. The van der Waals surface area contributed by atoms with Crippen LogP contribution in [0.15, 0.2) is 29.0 Å². The summed E-state index contributed by atoms with van der Waals surface area (Å²) in [6.45, 7) is 6.05. The van der Waals surface area contributed by atoms with Gasteiger partial charge in [0.25, 0.3) is 0 Å². The van der Waals surface area contributed by atoms with Gasteiger partial charge in [0.1, 0.15) is 0 Å². The molecule has 112 valence electrons. The van der Waals surface area contributed by atoms with E-state index in [4.69, 9.17) is 10.2 Å². The lowest BCUT2D eigenvalue weighted by Crippen LogP contribution is -2.39. The van der Waals surface area contributed by atoms with Crippen LogP contribution in [0.4, 0.5) is 5.69 Å². The molecular formula is C15H20N4O2. The molecule has 0 saturated carbocycles. The summed E-state index contributed by atoms with van der Waals surface area (Å²) in [7, 11) is 0. The van der Waals surface area contributed by atoms with Gasteiger partial charge in [0.05, 0.1) is 5.41 Å². The van der Waals surface area contributed by atoms with Crippen molar-refractivity contribution < 1.29 is 9.21 Å². The highest BCUT2D eigenvalue weighted by Crippen LogP contribution is 2.26. The van der Waals surface area contributed by atoms with Gasteiger partial charge in [0.15, 0.2) is 0 Å². The van der Waals surface area contributed by atoms with Crippen molar-refractivity contribution in [1.82, 2.24) is 10.2 Å². The first kappa shape index (κ1) is 15.2. The van der Waals surface area contributed by atoms with Crippen LogP contribution >= 0.6 is 0 Å². The number of carbonyl (C=O) groups excluding carboxylic acids is 1. The minimum atomic E-state index is -0.558. The van der Waals surface area contributed by atoms with Crippen molar-refractivity contribution in [3.05, 3.63) is 30.2 Å². The summed E-state index contributed by atoms with van der Waals surface area (Å²) in [5, 5.41) is 10.5. The number of nitrogens with one attached hydrogen (secondary N) is 1. The average molecular weight is 288 g/mol. The number of amides is 1. The highest BCUT2D eigenvalue weighted by molar-refractivity contribution is 5.96. The van der Waals surface area contributed by atoms with Gasteiger partial charge in [0, 0.05) is 17.8 Å². The highest BCUT2D eigenvalue weighted by atomic mass is 16.4. The number of rotatable bonds is 5. The van der Waals surface area contributed by atoms with E-state index in [0.29, 0.717) is 18.9 Å². The molecule has 1 aromatic heterocycles. The summed E-state index contributed by atoms with van der Waals surface area (Å²) in [6, 6.07) is 5.57. The quantitative estimate of drug-likeness (QED) is 0.880. The minimum absolute atomic E-state index is 0.0684. The second-order valence-corrected chi connectivity index (χ2v) is 5.35. The van der Waals surface area contributed by atoms with Crippen molar-refractivity contribution in [3.63, 3.8) is 0 Å².